The fourth-order valence-corrected chi connectivity index (χ4v) is 2.13. The maximum Gasteiger partial charge on any atom is 0.192 e. The first-order valence-corrected chi connectivity index (χ1v) is 9.18. The van der Waals surface area contributed by atoms with Crippen molar-refractivity contribution in [2.24, 2.45) is 0 Å². The van der Waals surface area contributed by atoms with Gasteiger partial charge in [0, 0.05) is 18.0 Å². The van der Waals surface area contributed by atoms with Crippen molar-refractivity contribution in [3.63, 3.8) is 0 Å². The first-order valence-electron chi connectivity index (χ1n) is 8.36. The van der Waals surface area contributed by atoms with Gasteiger partial charge in [0.1, 0.15) is 5.52 Å². The van der Waals surface area contributed by atoms with Crippen molar-refractivity contribution < 1.29 is 4.42 Å². The fourth-order valence-electron chi connectivity index (χ4n) is 1.45. The first-order chi connectivity index (χ1) is 11.1. The van der Waals surface area contributed by atoms with E-state index in [0.29, 0.717) is 0 Å². The molecule has 0 saturated carbocycles. The van der Waals surface area contributed by atoms with Crippen molar-refractivity contribution in [2.45, 2.75) is 62.3 Å². The van der Waals surface area contributed by atoms with Gasteiger partial charge in [0.15, 0.2) is 11.5 Å². The fraction of sp³-hybridized carbons (Fsp3) is 0.474. The highest BCUT2D eigenvalue weighted by atomic mass is 32.1. The average molecular weight is 337 g/mol. The third kappa shape index (κ3) is 9.84. The highest BCUT2D eigenvalue weighted by Crippen LogP contribution is 2.12. The van der Waals surface area contributed by atoms with Gasteiger partial charge in [-0.05, 0) is 26.0 Å². The minimum absolute atomic E-state index is 0.723. The summed E-state index contributed by atoms with van der Waals surface area (Å²) in [5.74, 6) is 0.723. The molecule has 1 aromatic carbocycles. The van der Waals surface area contributed by atoms with Gasteiger partial charge in [-0.1, -0.05) is 53.7 Å². The zero-order valence-corrected chi connectivity index (χ0v) is 16.9. The third-order valence-corrected chi connectivity index (χ3v) is 2.97. The lowest BCUT2D eigenvalue weighted by Gasteiger charge is -1.79. The molecule has 2 aromatic heterocycles. The van der Waals surface area contributed by atoms with Crippen molar-refractivity contribution in [3.8, 4) is 0 Å². The summed E-state index contributed by atoms with van der Waals surface area (Å²) in [4.78, 5) is 9.47. The Bertz CT molecular complexity index is 565. The zero-order valence-electron chi connectivity index (χ0n) is 16.1. The number of rotatable bonds is 0. The molecule has 0 radical (unpaired) electrons. The molecule has 3 nitrogen and oxygen atoms in total. The van der Waals surface area contributed by atoms with Crippen LogP contribution in [0.5, 0.6) is 0 Å². The summed E-state index contributed by atoms with van der Waals surface area (Å²) in [6.45, 7) is 17.9. The first kappa shape index (κ1) is 23.6. The number of benzene rings is 1. The summed E-state index contributed by atoms with van der Waals surface area (Å²) in [7, 11) is 0. The lowest BCUT2D eigenvalue weighted by Crippen LogP contribution is -1.65. The van der Waals surface area contributed by atoms with E-state index in [1.165, 1.54) is 4.88 Å². The molecule has 23 heavy (non-hydrogen) atoms. The Morgan fingerprint density at radius 2 is 1.43 bits per heavy atom. The molecule has 0 spiro atoms. The molecule has 3 rings (SSSR count). The molecule has 0 unspecified atom stereocenters. The summed E-state index contributed by atoms with van der Waals surface area (Å²) in [5, 5.41) is 1.15. The molecule has 0 fully saturated rings. The summed E-state index contributed by atoms with van der Waals surface area (Å²) in [6.07, 6.45) is 1.89. The van der Waals surface area contributed by atoms with Gasteiger partial charge in [0.2, 0.25) is 0 Å². The van der Waals surface area contributed by atoms with E-state index in [-0.39, 0.29) is 0 Å². The molecule has 0 saturated heterocycles. The van der Waals surface area contributed by atoms with E-state index >= 15 is 0 Å². The molecule has 0 atom stereocenters. The van der Waals surface area contributed by atoms with Crippen LogP contribution in [0.4, 0.5) is 0 Å². The Kier molecular flexibility index (Phi) is 15.6. The van der Waals surface area contributed by atoms with E-state index in [1.807, 2.05) is 85.9 Å². The Labute approximate surface area is 145 Å². The number of para-hydroxylation sites is 2. The maximum absolute atomic E-state index is 5.26. The normalized spacial score (nSPS) is 8.22. The standard InChI is InChI=1S/C8H7NO.C5H7NS.3C2H6/c1-6-9-7-4-2-3-5-8(7)10-6;1-4-3-6-5(2)7-4;3*1-2/h2-5H,1H3;3H,1-2H3;3*1-2H3. The van der Waals surface area contributed by atoms with Crippen LogP contribution in [0.15, 0.2) is 34.9 Å². The van der Waals surface area contributed by atoms with Crippen LogP contribution < -0.4 is 0 Å². The highest BCUT2D eigenvalue weighted by molar-refractivity contribution is 7.11. The second-order valence-corrected chi connectivity index (χ2v) is 5.13. The summed E-state index contributed by atoms with van der Waals surface area (Å²) < 4.78 is 5.26. The molecule has 2 heterocycles. The van der Waals surface area contributed by atoms with Crippen LogP contribution in [-0.2, 0) is 0 Å². The number of nitrogens with zero attached hydrogens (tertiary/aromatic N) is 2. The van der Waals surface area contributed by atoms with Crippen molar-refractivity contribution in [2.75, 3.05) is 0 Å². The summed E-state index contributed by atoms with van der Waals surface area (Å²) in [6, 6.07) is 7.73. The zero-order chi connectivity index (χ0) is 18.3. The van der Waals surface area contributed by atoms with Crippen LogP contribution in [0.2, 0.25) is 0 Å². The molecular formula is C19H32N2OS. The molecule has 0 N–H and O–H groups in total. The predicted octanol–water partition coefficient (Wildman–Crippen LogP) is 6.97. The smallest absolute Gasteiger partial charge is 0.192 e. The van der Waals surface area contributed by atoms with Crippen molar-refractivity contribution in [1.29, 1.82) is 0 Å². The molecule has 4 heteroatoms. The van der Waals surface area contributed by atoms with E-state index in [1.54, 1.807) is 11.3 Å². The lowest BCUT2D eigenvalue weighted by atomic mass is 10.3. The van der Waals surface area contributed by atoms with E-state index < -0.39 is 0 Å². The number of thiazole rings is 1. The minimum atomic E-state index is 0.723. The van der Waals surface area contributed by atoms with Crippen LogP contribution in [0.25, 0.3) is 11.1 Å². The highest BCUT2D eigenvalue weighted by Gasteiger charge is 1.97. The van der Waals surface area contributed by atoms with Crippen LogP contribution in [0.3, 0.4) is 0 Å². The second-order valence-electron chi connectivity index (χ2n) is 3.69. The van der Waals surface area contributed by atoms with Gasteiger partial charge < -0.3 is 4.42 Å². The Hall–Kier alpha value is -1.68. The maximum atomic E-state index is 5.26. The summed E-state index contributed by atoms with van der Waals surface area (Å²) >= 11 is 1.73. The molecular weight excluding hydrogens is 304 g/mol. The van der Waals surface area contributed by atoms with E-state index in [4.69, 9.17) is 4.42 Å². The molecule has 0 amide bonds. The quantitative estimate of drug-likeness (QED) is 0.444. The molecule has 0 aliphatic rings. The molecule has 130 valence electrons. The number of hydrogen-bond acceptors (Lipinski definition) is 4. The second kappa shape index (κ2) is 15.2. The molecule has 3 aromatic rings. The van der Waals surface area contributed by atoms with Crippen LogP contribution in [0, 0.1) is 20.8 Å². The van der Waals surface area contributed by atoms with Crippen molar-refractivity contribution in [1.82, 2.24) is 9.97 Å². The lowest BCUT2D eigenvalue weighted by molar-refractivity contribution is 0.561. The van der Waals surface area contributed by atoms with E-state index in [0.717, 1.165) is 22.0 Å². The topological polar surface area (TPSA) is 38.9 Å². The third-order valence-electron chi connectivity index (χ3n) is 2.14. The van der Waals surface area contributed by atoms with E-state index in [9.17, 15) is 0 Å². The van der Waals surface area contributed by atoms with Gasteiger partial charge in [-0.15, -0.1) is 11.3 Å². The van der Waals surface area contributed by atoms with Gasteiger partial charge in [0.05, 0.1) is 5.01 Å². The number of aromatic nitrogens is 2. The van der Waals surface area contributed by atoms with Gasteiger partial charge in [-0.3, -0.25) is 0 Å². The van der Waals surface area contributed by atoms with E-state index in [2.05, 4.69) is 16.9 Å². The van der Waals surface area contributed by atoms with Gasteiger partial charge in [-0.2, -0.15) is 0 Å². The number of hydrogen-bond donors (Lipinski definition) is 0. The van der Waals surface area contributed by atoms with Gasteiger partial charge in [0.25, 0.3) is 0 Å². The Balaban J connectivity index is 0. The number of fused-ring (bicyclic) bond motifs is 1. The number of oxazole rings is 1. The van der Waals surface area contributed by atoms with Gasteiger partial charge in [-0.25, -0.2) is 9.97 Å². The predicted molar refractivity (Wildman–Crippen MR) is 104 cm³/mol. The van der Waals surface area contributed by atoms with Crippen LogP contribution in [0.1, 0.15) is 57.3 Å². The van der Waals surface area contributed by atoms with Crippen LogP contribution in [-0.4, -0.2) is 9.97 Å². The number of aryl methyl sites for hydroxylation is 3. The largest absolute Gasteiger partial charge is 0.441 e. The van der Waals surface area contributed by atoms with Crippen molar-refractivity contribution in [3.05, 3.63) is 46.2 Å². The van der Waals surface area contributed by atoms with Gasteiger partial charge >= 0.3 is 0 Å². The Morgan fingerprint density at radius 3 is 1.83 bits per heavy atom. The monoisotopic (exact) mass is 336 g/mol. The SMILES string of the molecule is CC.CC.CC.Cc1cnc(C)s1.Cc1nc2ccccc2o1. The molecule has 0 bridgehead atoms. The summed E-state index contributed by atoms with van der Waals surface area (Å²) in [5.41, 5.74) is 1.79. The average Bonchev–Trinajstić information content (AvgIpc) is 3.17. The van der Waals surface area contributed by atoms with Crippen LogP contribution >= 0.6 is 11.3 Å². The van der Waals surface area contributed by atoms with Crippen molar-refractivity contribution >= 4 is 22.4 Å². The Morgan fingerprint density at radius 1 is 0.870 bits per heavy atom. The molecule has 0 aliphatic carbocycles. The molecule has 0 aliphatic heterocycles. The minimum Gasteiger partial charge on any atom is -0.441 e.